The summed E-state index contributed by atoms with van der Waals surface area (Å²) in [5.74, 6) is 0.225. The van der Waals surface area contributed by atoms with Crippen molar-refractivity contribution in [2.45, 2.75) is 12.8 Å². The number of benzene rings is 1. The van der Waals surface area contributed by atoms with E-state index >= 15 is 0 Å². The monoisotopic (exact) mass is 301 g/mol. The third-order valence-corrected chi connectivity index (χ3v) is 3.96. The van der Waals surface area contributed by atoms with E-state index in [0.717, 1.165) is 12.8 Å². The number of amides is 1. The molecule has 21 heavy (non-hydrogen) atoms. The van der Waals surface area contributed by atoms with Gasteiger partial charge in [0.1, 0.15) is 11.0 Å². The number of anilines is 1. The lowest BCUT2D eigenvalue weighted by Gasteiger charge is -2.20. The Kier molecular flexibility index (Phi) is 3.80. The predicted molar refractivity (Wildman–Crippen MR) is 83.4 cm³/mol. The molecule has 1 aromatic heterocycles. The Hall–Kier alpha value is -2.07. The highest BCUT2D eigenvalue weighted by Gasteiger charge is 2.20. The van der Waals surface area contributed by atoms with Crippen molar-refractivity contribution in [2.75, 3.05) is 18.8 Å². The van der Waals surface area contributed by atoms with E-state index in [-0.39, 0.29) is 16.9 Å². The summed E-state index contributed by atoms with van der Waals surface area (Å²) in [5.41, 5.74) is 8.80. The quantitative estimate of drug-likeness (QED) is 0.824. The van der Waals surface area contributed by atoms with Gasteiger partial charge in [-0.25, -0.2) is 4.98 Å². The maximum absolute atomic E-state index is 12.6. The summed E-state index contributed by atoms with van der Waals surface area (Å²) < 4.78 is 0. The summed E-state index contributed by atoms with van der Waals surface area (Å²) in [6.07, 6.45) is 1.74. The number of pyridine rings is 1. The second kappa shape index (κ2) is 5.74. The predicted octanol–water partition coefficient (Wildman–Crippen LogP) is 2.56. The van der Waals surface area contributed by atoms with Crippen LogP contribution in [0.5, 0.6) is 0 Å². The first kappa shape index (κ1) is 13.9. The number of nitrogens with two attached hydrogens (primary N) is 1. The molecule has 0 bridgehead atoms. The summed E-state index contributed by atoms with van der Waals surface area (Å²) in [5, 5.41) is 0.247. The summed E-state index contributed by atoms with van der Waals surface area (Å²) in [6, 6.07) is 11.5. The molecule has 3 rings (SSSR count). The second-order valence-electron chi connectivity index (χ2n) is 5.16. The Bertz CT molecular complexity index is 640. The number of carbonyl (C=O) groups is 1. The van der Waals surface area contributed by atoms with E-state index in [2.05, 4.69) is 17.1 Å². The molecule has 2 heterocycles. The molecule has 2 N–H and O–H groups in total. The van der Waals surface area contributed by atoms with E-state index in [4.69, 9.17) is 17.3 Å². The van der Waals surface area contributed by atoms with Crippen LogP contribution in [-0.2, 0) is 12.8 Å². The van der Waals surface area contributed by atoms with Gasteiger partial charge in [-0.2, -0.15) is 0 Å². The van der Waals surface area contributed by atoms with Gasteiger partial charge in [0.2, 0.25) is 0 Å². The van der Waals surface area contributed by atoms with Crippen LogP contribution < -0.4 is 5.73 Å². The fraction of sp³-hybridized carbons (Fsp3) is 0.250. The van der Waals surface area contributed by atoms with Crippen molar-refractivity contribution in [1.82, 2.24) is 9.88 Å². The molecule has 0 saturated heterocycles. The van der Waals surface area contributed by atoms with Gasteiger partial charge in [0.25, 0.3) is 5.91 Å². The lowest BCUT2D eigenvalue weighted by atomic mass is 10.0. The number of rotatable bonds is 1. The van der Waals surface area contributed by atoms with Gasteiger partial charge < -0.3 is 10.6 Å². The van der Waals surface area contributed by atoms with Crippen LogP contribution in [-0.4, -0.2) is 28.9 Å². The Morgan fingerprint density at radius 3 is 2.33 bits per heavy atom. The topological polar surface area (TPSA) is 59.2 Å². The Balaban J connectivity index is 1.80. The molecule has 4 nitrogen and oxygen atoms in total. The van der Waals surface area contributed by atoms with Crippen molar-refractivity contribution < 1.29 is 4.79 Å². The van der Waals surface area contributed by atoms with Crippen LogP contribution in [0.15, 0.2) is 36.4 Å². The van der Waals surface area contributed by atoms with E-state index in [1.165, 1.54) is 11.1 Å². The summed E-state index contributed by atoms with van der Waals surface area (Å²) >= 11 is 5.88. The molecule has 5 heteroatoms. The van der Waals surface area contributed by atoms with Gasteiger partial charge in [0.05, 0.1) is 0 Å². The fourth-order valence-electron chi connectivity index (χ4n) is 2.69. The first-order chi connectivity index (χ1) is 10.1. The second-order valence-corrected chi connectivity index (χ2v) is 5.55. The molecule has 0 aliphatic carbocycles. The molecule has 0 saturated carbocycles. The van der Waals surface area contributed by atoms with E-state index in [1.54, 1.807) is 12.1 Å². The van der Waals surface area contributed by atoms with Crippen LogP contribution in [0.4, 0.5) is 5.82 Å². The highest BCUT2D eigenvalue weighted by Crippen LogP contribution is 2.19. The first-order valence-electron chi connectivity index (χ1n) is 6.92. The average molecular weight is 302 g/mol. The molecule has 0 radical (unpaired) electrons. The number of aromatic nitrogens is 1. The minimum Gasteiger partial charge on any atom is -0.384 e. The summed E-state index contributed by atoms with van der Waals surface area (Å²) in [6.45, 7) is 1.41. The van der Waals surface area contributed by atoms with E-state index in [0.29, 0.717) is 18.7 Å². The van der Waals surface area contributed by atoms with Gasteiger partial charge in [-0.05, 0) is 36.1 Å². The Labute approximate surface area is 128 Å². The van der Waals surface area contributed by atoms with Gasteiger partial charge in [-0.3, -0.25) is 4.79 Å². The highest BCUT2D eigenvalue weighted by atomic mass is 35.5. The zero-order valence-electron chi connectivity index (χ0n) is 11.6. The number of hydrogen-bond donors (Lipinski definition) is 1. The molecule has 0 spiro atoms. The third-order valence-electron chi connectivity index (χ3n) is 3.77. The number of nitrogen functional groups attached to an aromatic ring is 1. The van der Waals surface area contributed by atoms with Gasteiger partial charge in [0.15, 0.2) is 0 Å². The van der Waals surface area contributed by atoms with Crippen LogP contribution in [0.2, 0.25) is 5.15 Å². The average Bonchev–Trinajstić information content (AvgIpc) is 2.68. The lowest BCUT2D eigenvalue weighted by Crippen LogP contribution is -2.33. The van der Waals surface area contributed by atoms with Crippen molar-refractivity contribution in [1.29, 1.82) is 0 Å². The van der Waals surface area contributed by atoms with Crippen LogP contribution in [0.1, 0.15) is 21.5 Å². The molecule has 1 amide bonds. The summed E-state index contributed by atoms with van der Waals surface area (Å²) in [4.78, 5) is 18.3. The smallest absolute Gasteiger partial charge is 0.254 e. The van der Waals surface area contributed by atoms with Crippen molar-refractivity contribution in [3.8, 4) is 0 Å². The van der Waals surface area contributed by atoms with E-state index in [1.807, 2.05) is 17.0 Å². The molecule has 0 fully saturated rings. The summed E-state index contributed by atoms with van der Waals surface area (Å²) in [7, 11) is 0. The fourth-order valence-corrected chi connectivity index (χ4v) is 2.91. The van der Waals surface area contributed by atoms with E-state index in [9.17, 15) is 4.79 Å². The van der Waals surface area contributed by atoms with Crippen molar-refractivity contribution in [3.63, 3.8) is 0 Å². The van der Waals surface area contributed by atoms with Crippen molar-refractivity contribution in [3.05, 3.63) is 58.2 Å². The van der Waals surface area contributed by atoms with Crippen LogP contribution >= 0.6 is 11.6 Å². The maximum atomic E-state index is 12.6. The molecule has 1 aliphatic rings. The largest absolute Gasteiger partial charge is 0.384 e. The molecular weight excluding hydrogens is 286 g/mol. The normalized spacial score (nSPS) is 14.4. The number of hydrogen-bond acceptors (Lipinski definition) is 3. The highest BCUT2D eigenvalue weighted by molar-refractivity contribution is 6.29. The van der Waals surface area contributed by atoms with Crippen LogP contribution in [0, 0.1) is 0 Å². The number of carbonyl (C=O) groups excluding carboxylic acids is 1. The number of nitrogens with zero attached hydrogens (tertiary/aromatic N) is 2. The first-order valence-corrected chi connectivity index (χ1v) is 7.30. The molecule has 0 unspecified atom stereocenters. The molecule has 1 aromatic carbocycles. The minimum atomic E-state index is -0.0428. The molecule has 108 valence electrons. The Morgan fingerprint density at radius 1 is 1.14 bits per heavy atom. The van der Waals surface area contributed by atoms with Gasteiger partial charge in [0, 0.05) is 18.7 Å². The zero-order chi connectivity index (χ0) is 14.8. The van der Waals surface area contributed by atoms with Crippen molar-refractivity contribution >= 4 is 23.3 Å². The zero-order valence-corrected chi connectivity index (χ0v) is 12.3. The van der Waals surface area contributed by atoms with Crippen molar-refractivity contribution in [2.24, 2.45) is 0 Å². The SMILES string of the molecule is Nc1cc(C(=O)N2CCc3ccccc3CC2)cc(Cl)n1. The molecular formula is C16H16ClN3O. The van der Waals surface area contributed by atoms with Gasteiger partial charge in [-0.15, -0.1) is 0 Å². The molecule has 1 aliphatic heterocycles. The number of fused-ring (bicyclic) bond motifs is 1. The number of halogens is 1. The van der Waals surface area contributed by atoms with Gasteiger partial charge in [-0.1, -0.05) is 35.9 Å². The Morgan fingerprint density at radius 2 is 1.76 bits per heavy atom. The standard InChI is InChI=1S/C16H16ClN3O/c17-14-9-13(10-15(18)19-14)16(21)20-7-5-11-3-1-2-4-12(11)6-8-20/h1-4,9-10H,5-8H2,(H2,18,19). The van der Waals surface area contributed by atoms with E-state index < -0.39 is 0 Å². The van der Waals surface area contributed by atoms with Gasteiger partial charge >= 0.3 is 0 Å². The third kappa shape index (κ3) is 3.00. The lowest BCUT2D eigenvalue weighted by molar-refractivity contribution is 0.0763. The molecule has 2 aromatic rings. The van der Waals surface area contributed by atoms with Crippen LogP contribution in [0.3, 0.4) is 0 Å². The maximum Gasteiger partial charge on any atom is 0.254 e. The van der Waals surface area contributed by atoms with Crippen LogP contribution in [0.25, 0.3) is 0 Å². The minimum absolute atomic E-state index is 0.0428. The molecule has 0 atom stereocenters.